The van der Waals surface area contributed by atoms with Gasteiger partial charge in [-0.3, -0.25) is 0 Å². The number of hydrogen-bond donors (Lipinski definition) is 2. The number of allylic oxidation sites excluding steroid dienone is 1. The van der Waals surface area contributed by atoms with Crippen LogP contribution in [0.5, 0.6) is 0 Å². The van der Waals surface area contributed by atoms with Crippen LogP contribution in [-0.4, -0.2) is 17.1 Å². The van der Waals surface area contributed by atoms with Crippen LogP contribution in [-0.2, 0) is 15.3 Å². The molecule has 1 atom stereocenters. The van der Waals surface area contributed by atoms with Crippen molar-refractivity contribution >= 4 is 16.9 Å². The van der Waals surface area contributed by atoms with Crippen molar-refractivity contribution in [2.45, 2.75) is 18.8 Å². The molecular weight excluding hydrogens is 285 g/mol. The first-order chi connectivity index (χ1) is 9.83. The van der Waals surface area contributed by atoms with E-state index in [4.69, 9.17) is 0 Å². The maximum atomic E-state index is 13.7. The molecule has 1 aromatic carbocycles. The summed E-state index contributed by atoms with van der Waals surface area (Å²) < 4.78 is 45.7. The maximum absolute atomic E-state index is 13.7. The Morgan fingerprint density at radius 2 is 1.95 bits per heavy atom. The van der Waals surface area contributed by atoms with Crippen LogP contribution in [0.4, 0.5) is 13.2 Å². The van der Waals surface area contributed by atoms with E-state index in [1.54, 1.807) is 18.2 Å². The zero-order valence-electron chi connectivity index (χ0n) is 10.9. The molecule has 4 nitrogen and oxygen atoms in total. The minimum Gasteiger partial charge on any atom is -0.421 e. The summed E-state index contributed by atoms with van der Waals surface area (Å²) in [7, 11) is 0. The molecule has 3 rings (SSSR count). The average Bonchev–Trinajstić information content (AvgIpc) is 2.80. The van der Waals surface area contributed by atoms with Gasteiger partial charge in [0.25, 0.3) is 0 Å². The molecule has 0 spiro atoms. The van der Waals surface area contributed by atoms with E-state index in [9.17, 15) is 18.0 Å². The average molecular weight is 296 g/mol. The smallest absolute Gasteiger partial charge is 0.421 e. The van der Waals surface area contributed by atoms with Gasteiger partial charge in [0.1, 0.15) is 0 Å². The van der Waals surface area contributed by atoms with Crippen molar-refractivity contribution in [3.05, 3.63) is 47.8 Å². The lowest BCUT2D eigenvalue weighted by molar-refractivity contribution is -0.285. The van der Waals surface area contributed by atoms with Crippen molar-refractivity contribution in [3.63, 3.8) is 0 Å². The number of H-pyrrole nitrogens is 1. The Kier molecular flexibility index (Phi) is 2.76. The zero-order valence-corrected chi connectivity index (χ0v) is 10.9. The van der Waals surface area contributed by atoms with E-state index in [-0.39, 0.29) is 11.3 Å². The number of cyclic esters (lactones) is 1. The van der Waals surface area contributed by atoms with Gasteiger partial charge in [0.15, 0.2) is 0 Å². The number of nitrogens with one attached hydrogen (secondary N) is 2. The van der Waals surface area contributed by atoms with Crippen molar-refractivity contribution in [1.82, 2.24) is 10.3 Å². The highest BCUT2D eigenvalue weighted by Crippen LogP contribution is 2.44. The first-order valence-electron chi connectivity index (χ1n) is 6.16. The number of aromatic amines is 1. The fourth-order valence-corrected chi connectivity index (χ4v) is 2.46. The standard InChI is InChI=1S/C14H11F3N2O2/c1-8-6-12(20)21-13(19-8,14(15,16)17)10-7-18-11-5-3-2-4-9(10)11/h2-7,18-19H,1H3. The van der Waals surface area contributed by atoms with Gasteiger partial charge in [-0.2, -0.15) is 13.2 Å². The van der Waals surface area contributed by atoms with E-state index >= 15 is 0 Å². The van der Waals surface area contributed by atoms with E-state index in [1.807, 2.05) is 0 Å². The number of esters is 1. The Hall–Kier alpha value is -2.44. The molecule has 0 aliphatic carbocycles. The summed E-state index contributed by atoms with van der Waals surface area (Å²) in [5.74, 6) is -1.03. The van der Waals surface area contributed by atoms with Crippen molar-refractivity contribution in [2.75, 3.05) is 0 Å². The van der Waals surface area contributed by atoms with Gasteiger partial charge < -0.3 is 15.0 Å². The number of ether oxygens (including phenoxy) is 1. The highest BCUT2D eigenvalue weighted by molar-refractivity contribution is 5.87. The SMILES string of the molecule is CC1=CC(=O)OC(c2c[nH]c3ccccc23)(C(F)(F)F)N1. The van der Waals surface area contributed by atoms with Gasteiger partial charge in [0, 0.05) is 28.9 Å². The van der Waals surface area contributed by atoms with Crippen LogP contribution in [0.15, 0.2) is 42.2 Å². The number of hydrogen-bond acceptors (Lipinski definition) is 3. The van der Waals surface area contributed by atoms with Gasteiger partial charge in [-0.15, -0.1) is 0 Å². The highest BCUT2D eigenvalue weighted by Gasteiger charge is 2.62. The van der Waals surface area contributed by atoms with E-state index in [1.165, 1.54) is 19.2 Å². The Labute approximate surface area is 117 Å². The van der Waals surface area contributed by atoms with Crippen LogP contribution in [0.1, 0.15) is 12.5 Å². The van der Waals surface area contributed by atoms with Crippen molar-refractivity contribution in [3.8, 4) is 0 Å². The third-order valence-corrected chi connectivity index (χ3v) is 3.33. The molecule has 2 aromatic rings. The molecule has 1 aliphatic rings. The maximum Gasteiger partial charge on any atom is 0.453 e. The Morgan fingerprint density at radius 3 is 2.62 bits per heavy atom. The number of aromatic nitrogens is 1. The van der Waals surface area contributed by atoms with Crippen LogP contribution in [0.3, 0.4) is 0 Å². The van der Waals surface area contributed by atoms with E-state index in [2.05, 4.69) is 15.0 Å². The van der Waals surface area contributed by atoms with Crippen LogP contribution in [0, 0.1) is 0 Å². The van der Waals surface area contributed by atoms with Gasteiger partial charge in [-0.1, -0.05) is 18.2 Å². The third-order valence-electron chi connectivity index (χ3n) is 3.33. The number of carbonyl (C=O) groups excluding carboxylic acids is 1. The van der Waals surface area contributed by atoms with Crippen LogP contribution in [0.25, 0.3) is 10.9 Å². The Balaban J connectivity index is 2.27. The molecule has 0 amide bonds. The minimum absolute atomic E-state index is 0.0915. The number of halogens is 3. The summed E-state index contributed by atoms with van der Waals surface area (Å²) in [6.45, 7) is 1.38. The molecule has 1 unspecified atom stereocenters. The lowest BCUT2D eigenvalue weighted by Crippen LogP contribution is -2.58. The second kappa shape index (κ2) is 4.28. The predicted molar refractivity (Wildman–Crippen MR) is 69.0 cm³/mol. The Bertz CT molecular complexity index is 748. The van der Waals surface area contributed by atoms with Gasteiger partial charge in [0.05, 0.1) is 5.56 Å². The molecule has 21 heavy (non-hydrogen) atoms. The minimum atomic E-state index is -4.82. The van der Waals surface area contributed by atoms with Gasteiger partial charge in [-0.05, 0) is 13.0 Å². The van der Waals surface area contributed by atoms with E-state index in [0.717, 1.165) is 6.08 Å². The van der Waals surface area contributed by atoms with Gasteiger partial charge in [-0.25, -0.2) is 4.79 Å². The first-order valence-corrected chi connectivity index (χ1v) is 6.16. The monoisotopic (exact) mass is 296 g/mol. The molecule has 0 saturated heterocycles. The summed E-state index contributed by atoms with van der Waals surface area (Å²) in [6.07, 6.45) is -2.63. The summed E-state index contributed by atoms with van der Waals surface area (Å²) in [5.41, 5.74) is -2.44. The fourth-order valence-electron chi connectivity index (χ4n) is 2.46. The summed E-state index contributed by atoms with van der Waals surface area (Å²) in [4.78, 5) is 14.3. The molecule has 0 radical (unpaired) electrons. The summed E-state index contributed by atoms with van der Waals surface area (Å²) >= 11 is 0. The number of carbonyl (C=O) groups is 1. The fraction of sp³-hybridized carbons (Fsp3) is 0.214. The molecular formula is C14H11F3N2O2. The van der Waals surface area contributed by atoms with Gasteiger partial charge >= 0.3 is 17.9 Å². The predicted octanol–water partition coefficient (Wildman–Crippen LogP) is 2.93. The summed E-state index contributed by atoms with van der Waals surface area (Å²) in [5, 5.41) is 2.61. The van der Waals surface area contributed by atoms with E-state index in [0.29, 0.717) is 10.9 Å². The third kappa shape index (κ3) is 1.96. The Morgan fingerprint density at radius 1 is 1.24 bits per heavy atom. The zero-order chi connectivity index (χ0) is 15.3. The lowest BCUT2D eigenvalue weighted by Gasteiger charge is -2.38. The van der Waals surface area contributed by atoms with Crippen LogP contribution >= 0.6 is 0 Å². The second-order valence-electron chi connectivity index (χ2n) is 4.80. The highest BCUT2D eigenvalue weighted by atomic mass is 19.4. The van der Waals surface area contributed by atoms with Crippen molar-refractivity contribution < 1.29 is 22.7 Å². The summed E-state index contributed by atoms with van der Waals surface area (Å²) in [6, 6.07) is 6.51. The molecule has 110 valence electrons. The molecule has 7 heteroatoms. The first kappa shape index (κ1) is 13.5. The van der Waals surface area contributed by atoms with Crippen LogP contribution < -0.4 is 5.32 Å². The van der Waals surface area contributed by atoms with Crippen LogP contribution in [0.2, 0.25) is 0 Å². The van der Waals surface area contributed by atoms with Crippen molar-refractivity contribution in [2.24, 2.45) is 0 Å². The number of alkyl halides is 3. The van der Waals surface area contributed by atoms with Gasteiger partial charge in [0.2, 0.25) is 0 Å². The van der Waals surface area contributed by atoms with E-state index < -0.39 is 17.9 Å². The molecule has 1 aliphatic heterocycles. The normalized spacial score (nSPS) is 22.7. The quantitative estimate of drug-likeness (QED) is 0.796. The largest absolute Gasteiger partial charge is 0.453 e. The topological polar surface area (TPSA) is 54.1 Å². The lowest BCUT2D eigenvalue weighted by atomic mass is 9.99. The number of para-hydroxylation sites is 1. The number of fused-ring (bicyclic) bond motifs is 1. The molecule has 0 saturated carbocycles. The van der Waals surface area contributed by atoms with Crippen molar-refractivity contribution in [1.29, 1.82) is 0 Å². The molecule has 0 fully saturated rings. The molecule has 1 aromatic heterocycles. The second-order valence-corrected chi connectivity index (χ2v) is 4.80. The number of benzene rings is 1. The number of rotatable bonds is 1. The molecule has 0 bridgehead atoms. The molecule has 2 heterocycles. The molecule has 2 N–H and O–H groups in total.